The van der Waals surface area contributed by atoms with Crippen LogP contribution in [0.4, 0.5) is 0 Å². The van der Waals surface area contributed by atoms with Crippen molar-refractivity contribution in [2.24, 2.45) is 5.41 Å². The number of hydrogen-bond donors (Lipinski definition) is 3. The molecule has 0 saturated heterocycles. The van der Waals surface area contributed by atoms with E-state index in [-0.39, 0.29) is 11.3 Å². The van der Waals surface area contributed by atoms with Gasteiger partial charge in [-0.1, -0.05) is 53.9 Å². The molecule has 0 heterocycles. The van der Waals surface area contributed by atoms with Crippen LogP contribution < -0.4 is 15.5 Å². The lowest BCUT2D eigenvalue weighted by atomic mass is 9.89. The molecule has 4 N–H and O–H groups in total. The zero-order valence-corrected chi connectivity index (χ0v) is 25.0. The maximum absolute atomic E-state index is 12.3. The number of nitrogens with two attached hydrogens (primary N) is 1. The molecule has 1 amide bonds. The molecule has 4 atom stereocenters. The van der Waals surface area contributed by atoms with Gasteiger partial charge in [0.15, 0.2) is 0 Å². The summed E-state index contributed by atoms with van der Waals surface area (Å²) >= 11 is 3.81. The van der Waals surface area contributed by atoms with Crippen molar-refractivity contribution in [3.05, 3.63) is 0 Å². The van der Waals surface area contributed by atoms with Crippen molar-refractivity contribution in [3.63, 3.8) is 0 Å². The standard InChI is InChI=1S/C24H48N4O2S2.C2H6/c1-24(2,3)23(29)27-32-20-12-13-21(22(16-20)26-30-6)25-18(14-15-28(4)5)17-31-19-10-8-7-9-11-19;1-2/h18-22,25-26H,7-17H2,1-6H3,(H,27,29);1-2H3/p+1. The smallest absolute Gasteiger partial charge is 0.235 e. The second-order valence-corrected chi connectivity index (χ2v) is 13.4. The van der Waals surface area contributed by atoms with Crippen molar-refractivity contribution >= 4 is 29.6 Å². The van der Waals surface area contributed by atoms with Crippen LogP contribution >= 0.6 is 23.7 Å². The Balaban J connectivity index is 0.00000281. The maximum Gasteiger partial charge on any atom is 0.235 e. The molecule has 2 aliphatic carbocycles. The van der Waals surface area contributed by atoms with Gasteiger partial charge in [0.1, 0.15) is 6.04 Å². The lowest BCUT2D eigenvalue weighted by Gasteiger charge is -2.36. The average molecular weight is 520 g/mol. The van der Waals surface area contributed by atoms with Crippen LogP contribution in [-0.2, 0) is 9.63 Å². The number of rotatable bonds is 12. The van der Waals surface area contributed by atoms with E-state index in [0.29, 0.717) is 23.4 Å². The molecule has 6 nitrogen and oxygen atoms in total. The summed E-state index contributed by atoms with van der Waals surface area (Å²) in [5, 5.41) is 5.33. The predicted molar refractivity (Wildman–Crippen MR) is 150 cm³/mol. The van der Waals surface area contributed by atoms with Gasteiger partial charge in [-0.2, -0.15) is 17.2 Å². The molecule has 0 aromatic heterocycles. The lowest BCUT2D eigenvalue weighted by molar-refractivity contribution is -0.914. The van der Waals surface area contributed by atoms with Gasteiger partial charge in [-0.05, 0) is 64.7 Å². The summed E-state index contributed by atoms with van der Waals surface area (Å²) < 4.78 is 3.09. The van der Waals surface area contributed by atoms with Gasteiger partial charge in [0.25, 0.3) is 0 Å². The highest BCUT2D eigenvalue weighted by Gasteiger charge is 2.36. The van der Waals surface area contributed by atoms with Gasteiger partial charge in [-0.15, -0.1) is 0 Å². The van der Waals surface area contributed by atoms with Crippen LogP contribution in [0.15, 0.2) is 0 Å². The molecule has 34 heavy (non-hydrogen) atoms. The van der Waals surface area contributed by atoms with Gasteiger partial charge in [-0.3, -0.25) is 9.52 Å². The number of hydrogen-bond acceptors (Lipinski definition) is 6. The van der Waals surface area contributed by atoms with E-state index >= 15 is 0 Å². The minimum atomic E-state index is -0.348. The molecule has 0 bridgehead atoms. The Bertz CT molecular complexity index is 539. The summed E-state index contributed by atoms with van der Waals surface area (Å²) in [7, 11) is 6.10. The molecule has 0 aromatic carbocycles. The largest absolute Gasteiger partial charge is 0.309 e. The van der Waals surface area contributed by atoms with Crippen LogP contribution in [0, 0.1) is 5.41 Å². The molecular formula is C26H55N4O2S2+. The molecular weight excluding hydrogens is 464 g/mol. The van der Waals surface area contributed by atoms with E-state index < -0.39 is 0 Å². The van der Waals surface area contributed by atoms with Crippen LogP contribution in [0.3, 0.4) is 0 Å². The van der Waals surface area contributed by atoms with E-state index in [4.69, 9.17) is 4.84 Å². The topological polar surface area (TPSA) is 70.2 Å². The minimum absolute atomic E-state index is 0.110. The van der Waals surface area contributed by atoms with Crippen LogP contribution in [0.5, 0.6) is 0 Å². The predicted octanol–water partition coefficient (Wildman–Crippen LogP) is 4.21. The third-order valence-electron chi connectivity index (χ3n) is 6.62. The van der Waals surface area contributed by atoms with Crippen molar-refractivity contribution in [2.75, 3.05) is 33.5 Å². The number of carbonyl (C=O) groups is 1. The molecule has 4 unspecified atom stereocenters. The quantitative estimate of drug-likeness (QED) is 0.265. The molecule has 2 fully saturated rings. The van der Waals surface area contributed by atoms with Crippen LogP contribution in [0.2, 0.25) is 0 Å². The SMILES string of the molecule is CC.CO[NH2+]C1CC(SNC(=O)C(C)(C)C)CCC1NC(CCN(C)C)CSC1CCCCC1. The number of carbonyl (C=O) groups excluding carboxylic acids is 1. The summed E-state index contributed by atoms with van der Waals surface area (Å²) in [4.78, 5) is 20.1. The van der Waals surface area contributed by atoms with E-state index in [2.05, 4.69) is 40.8 Å². The van der Waals surface area contributed by atoms with Gasteiger partial charge in [0, 0.05) is 34.1 Å². The monoisotopic (exact) mass is 519 g/mol. The van der Waals surface area contributed by atoms with Crippen LogP contribution in [0.1, 0.15) is 92.4 Å². The summed E-state index contributed by atoms with van der Waals surface area (Å²) in [5.74, 6) is 1.31. The van der Waals surface area contributed by atoms with Crippen molar-refractivity contribution in [1.29, 1.82) is 0 Å². The zero-order valence-electron chi connectivity index (χ0n) is 23.3. The van der Waals surface area contributed by atoms with Crippen molar-refractivity contribution in [2.45, 2.75) is 121 Å². The Kier molecular flexibility index (Phi) is 16.5. The Morgan fingerprint density at radius 1 is 1.09 bits per heavy atom. The van der Waals surface area contributed by atoms with Crippen molar-refractivity contribution < 1.29 is 15.1 Å². The van der Waals surface area contributed by atoms with E-state index in [0.717, 1.165) is 31.1 Å². The summed E-state index contributed by atoms with van der Waals surface area (Å²) in [5.41, 5.74) is 1.67. The van der Waals surface area contributed by atoms with Crippen molar-refractivity contribution in [3.8, 4) is 0 Å². The first kappa shape index (κ1) is 32.0. The average Bonchev–Trinajstić information content (AvgIpc) is 2.81. The molecule has 0 aliphatic heterocycles. The third-order valence-corrected chi connectivity index (χ3v) is 9.22. The second-order valence-electron chi connectivity index (χ2n) is 10.9. The molecule has 202 valence electrons. The van der Waals surface area contributed by atoms with E-state index in [1.54, 1.807) is 19.1 Å². The highest BCUT2D eigenvalue weighted by atomic mass is 32.2. The minimum Gasteiger partial charge on any atom is -0.309 e. The Hall–Kier alpha value is 0.01000. The number of thioether (sulfide) groups is 1. The molecule has 0 radical (unpaired) electrons. The highest BCUT2D eigenvalue weighted by Crippen LogP contribution is 2.30. The maximum atomic E-state index is 12.3. The van der Waals surface area contributed by atoms with Gasteiger partial charge in [0.05, 0.1) is 13.2 Å². The Morgan fingerprint density at radius 2 is 1.76 bits per heavy atom. The Labute approximate surface area is 219 Å². The first-order valence-corrected chi connectivity index (χ1v) is 15.5. The lowest BCUT2D eigenvalue weighted by Crippen LogP contribution is -2.93. The fraction of sp³-hybridized carbons (Fsp3) is 0.962. The summed E-state index contributed by atoms with van der Waals surface area (Å²) in [6, 6.07) is 1.36. The Morgan fingerprint density at radius 3 is 2.35 bits per heavy atom. The van der Waals surface area contributed by atoms with Gasteiger partial charge in [-0.25, -0.2) is 4.84 Å². The first-order chi connectivity index (χ1) is 16.2. The normalized spacial score (nSPS) is 24.9. The van der Waals surface area contributed by atoms with Gasteiger partial charge in [0.2, 0.25) is 5.91 Å². The molecule has 2 rings (SSSR count). The molecule has 8 heteroatoms. The number of quaternary nitrogens is 1. The fourth-order valence-electron chi connectivity index (χ4n) is 4.51. The van der Waals surface area contributed by atoms with Gasteiger partial charge >= 0.3 is 0 Å². The highest BCUT2D eigenvalue weighted by molar-refractivity contribution is 8.00. The fourth-order valence-corrected chi connectivity index (χ4v) is 7.10. The van der Waals surface area contributed by atoms with E-state index in [1.807, 2.05) is 40.1 Å². The molecule has 2 aliphatic rings. The second kappa shape index (κ2) is 17.5. The van der Waals surface area contributed by atoms with Crippen molar-refractivity contribution in [1.82, 2.24) is 14.9 Å². The molecule has 2 saturated carbocycles. The zero-order chi connectivity index (χ0) is 25.6. The molecule has 0 aromatic rings. The summed E-state index contributed by atoms with van der Waals surface area (Å²) in [6.07, 6.45) is 11.5. The number of nitrogens with zero attached hydrogens (tertiary/aromatic N) is 1. The molecule has 0 spiro atoms. The number of amides is 1. The third kappa shape index (κ3) is 12.8. The van der Waals surface area contributed by atoms with E-state index in [1.165, 1.54) is 44.3 Å². The van der Waals surface area contributed by atoms with Crippen LogP contribution in [0.25, 0.3) is 0 Å². The number of hydroxylamine groups is 1. The summed E-state index contributed by atoms with van der Waals surface area (Å²) in [6.45, 7) is 11.0. The van der Waals surface area contributed by atoms with E-state index in [9.17, 15) is 4.79 Å². The first-order valence-electron chi connectivity index (χ1n) is 13.5. The number of nitrogens with one attached hydrogen (secondary N) is 2. The van der Waals surface area contributed by atoms with Crippen LogP contribution in [-0.4, -0.2) is 72.9 Å². The van der Waals surface area contributed by atoms with Gasteiger partial charge < -0.3 is 10.2 Å².